The number of nitrogens with one attached hydrogen (secondary N) is 2. The maximum absolute atomic E-state index is 11.9. The predicted molar refractivity (Wildman–Crippen MR) is 107 cm³/mol. The van der Waals surface area contributed by atoms with Crippen molar-refractivity contribution in [2.45, 2.75) is 33.1 Å². The Balaban J connectivity index is 0.00000288. The molecule has 24 heavy (non-hydrogen) atoms. The monoisotopic (exact) mass is 448 g/mol. The van der Waals surface area contributed by atoms with Gasteiger partial charge in [0, 0.05) is 38.8 Å². The van der Waals surface area contributed by atoms with Gasteiger partial charge in [0.1, 0.15) is 0 Å². The number of amides is 1. The molecule has 6 nitrogen and oxygen atoms in total. The van der Waals surface area contributed by atoms with E-state index in [0.29, 0.717) is 12.3 Å². The van der Waals surface area contributed by atoms with E-state index in [1.165, 1.54) is 19.1 Å². The van der Waals surface area contributed by atoms with E-state index in [-0.39, 0.29) is 29.9 Å². The zero-order chi connectivity index (χ0) is 16.7. The summed E-state index contributed by atoms with van der Waals surface area (Å²) in [6, 6.07) is 1.79. The Morgan fingerprint density at radius 3 is 2.79 bits per heavy atom. The van der Waals surface area contributed by atoms with Crippen molar-refractivity contribution in [3.8, 4) is 0 Å². The lowest BCUT2D eigenvalue weighted by Gasteiger charge is -2.33. The SMILES string of the molecule is CN=C(NCCCNC(=O)c1occc1C)N1CCCC(C)C1.I. The first-order valence-corrected chi connectivity index (χ1v) is 8.39. The molecule has 1 aliphatic heterocycles. The van der Waals surface area contributed by atoms with E-state index in [9.17, 15) is 4.79 Å². The number of aryl methyl sites for hydroxylation is 1. The number of aliphatic imine (C=N–C) groups is 1. The summed E-state index contributed by atoms with van der Waals surface area (Å²) in [6.07, 6.45) is 4.90. The van der Waals surface area contributed by atoms with Crippen molar-refractivity contribution < 1.29 is 9.21 Å². The lowest BCUT2D eigenvalue weighted by atomic mass is 10.0. The molecule has 0 aromatic carbocycles. The van der Waals surface area contributed by atoms with Crippen LogP contribution in [0.2, 0.25) is 0 Å². The molecule has 2 N–H and O–H groups in total. The third-order valence-electron chi connectivity index (χ3n) is 4.16. The van der Waals surface area contributed by atoms with Gasteiger partial charge in [-0.25, -0.2) is 0 Å². The Morgan fingerprint density at radius 2 is 2.17 bits per heavy atom. The van der Waals surface area contributed by atoms with Gasteiger partial charge in [0.05, 0.1) is 6.26 Å². The normalized spacial score (nSPS) is 18.0. The molecule has 1 aromatic heterocycles. The van der Waals surface area contributed by atoms with Gasteiger partial charge < -0.3 is 20.0 Å². The van der Waals surface area contributed by atoms with Gasteiger partial charge in [-0.15, -0.1) is 24.0 Å². The van der Waals surface area contributed by atoms with Gasteiger partial charge in [0.15, 0.2) is 11.7 Å². The van der Waals surface area contributed by atoms with Crippen LogP contribution in [0.25, 0.3) is 0 Å². The lowest BCUT2D eigenvalue weighted by Crippen LogP contribution is -2.46. The first-order chi connectivity index (χ1) is 11.1. The summed E-state index contributed by atoms with van der Waals surface area (Å²) in [5.41, 5.74) is 0.861. The van der Waals surface area contributed by atoms with E-state index in [0.717, 1.165) is 43.5 Å². The van der Waals surface area contributed by atoms with Crippen LogP contribution in [0.4, 0.5) is 0 Å². The highest BCUT2D eigenvalue weighted by Crippen LogP contribution is 2.15. The first-order valence-electron chi connectivity index (χ1n) is 8.39. The summed E-state index contributed by atoms with van der Waals surface area (Å²) in [4.78, 5) is 18.6. The predicted octanol–water partition coefficient (Wildman–Crippen LogP) is 2.63. The first kappa shape index (κ1) is 20.8. The number of guanidine groups is 1. The topological polar surface area (TPSA) is 69.9 Å². The van der Waals surface area contributed by atoms with Crippen molar-refractivity contribution >= 4 is 35.8 Å². The molecule has 2 heterocycles. The van der Waals surface area contributed by atoms with Crippen molar-refractivity contribution in [2.75, 3.05) is 33.2 Å². The molecule has 136 valence electrons. The summed E-state index contributed by atoms with van der Waals surface area (Å²) in [5, 5.41) is 6.26. The van der Waals surface area contributed by atoms with Crippen molar-refractivity contribution in [3.05, 3.63) is 23.7 Å². The number of piperidine rings is 1. The summed E-state index contributed by atoms with van der Waals surface area (Å²) in [5.74, 6) is 1.93. The Kier molecular flexibility index (Phi) is 9.17. The average Bonchev–Trinajstić information content (AvgIpc) is 2.97. The number of hydrogen-bond acceptors (Lipinski definition) is 3. The third kappa shape index (κ3) is 5.99. The molecule has 1 saturated heterocycles. The molecule has 1 aliphatic rings. The largest absolute Gasteiger partial charge is 0.459 e. The molecule has 1 fully saturated rings. The van der Waals surface area contributed by atoms with Crippen LogP contribution >= 0.6 is 24.0 Å². The molecule has 0 bridgehead atoms. The van der Waals surface area contributed by atoms with Crippen LogP contribution in [-0.2, 0) is 0 Å². The van der Waals surface area contributed by atoms with Gasteiger partial charge in [0.2, 0.25) is 0 Å². The minimum Gasteiger partial charge on any atom is -0.459 e. The van der Waals surface area contributed by atoms with Crippen LogP contribution in [0.1, 0.15) is 42.3 Å². The molecule has 1 unspecified atom stereocenters. The Morgan fingerprint density at radius 1 is 1.42 bits per heavy atom. The minimum atomic E-state index is -0.151. The van der Waals surface area contributed by atoms with Crippen molar-refractivity contribution in [1.82, 2.24) is 15.5 Å². The Bertz CT molecular complexity index is 544. The Labute approximate surface area is 161 Å². The number of furan rings is 1. The van der Waals surface area contributed by atoms with Crippen LogP contribution in [0, 0.1) is 12.8 Å². The van der Waals surface area contributed by atoms with Gasteiger partial charge in [-0.1, -0.05) is 6.92 Å². The van der Waals surface area contributed by atoms with Gasteiger partial charge >= 0.3 is 0 Å². The fourth-order valence-electron chi connectivity index (χ4n) is 2.89. The van der Waals surface area contributed by atoms with Gasteiger partial charge in [-0.2, -0.15) is 0 Å². The molecule has 7 heteroatoms. The maximum atomic E-state index is 11.9. The van der Waals surface area contributed by atoms with Crippen LogP contribution in [0.15, 0.2) is 21.7 Å². The fraction of sp³-hybridized carbons (Fsp3) is 0.647. The van der Waals surface area contributed by atoms with E-state index in [1.807, 2.05) is 14.0 Å². The second-order valence-electron chi connectivity index (χ2n) is 6.21. The standard InChI is InChI=1S/C17H28N4O2.HI/c1-13-6-4-10-21(12-13)17(18-3)20-9-5-8-19-16(22)15-14(2)7-11-23-15;/h7,11,13H,4-6,8-10,12H2,1-3H3,(H,18,20)(H,19,22);1H. The Hall–Kier alpha value is -1.25. The maximum Gasteiger partial charge on any atom is 0.287 e. The molecule has 1 atom stereocenters. The van der Waals surface area contributed by atoms with E-state index in [4.69, 9.17) is 4.42 Å². The third-order valence-corrected chi connectivity index (χ3v) is 4.16. The quantitative estimate of drug-likeness (QED) is 0.315. The molecule has 1 aromatic rings. The number of halogens is 1. The van der Waals surface area contributed by atoms with Gasteiger partial charge in [-0.05, 0) is 38.2 Å². The van der Waals surface area contributed by atoms with E-state index >= 15 is 0 Å². The number of rotatable bonds is 5. The molecule has 2 rings (SSSR count). The second-order valence-corrected chi connectivity index (χ2v) is 6.21. The molecule has 0 spiro atoms. The highest BCUT2D eigenvalue weighted by atomic mass is 127. The number of likely N-dealkylation sites (tertiary alicyclic amines) is 1. The van der Waals surface area contributed by atoms with E-state index < -0.39 is 0 Å². The number of carbonyl (C=O) groups excluding carboxylic acids is 1. The highest BCUT2D eigenvalue weighted by molar-refractivity contribution is 14.0. The molecular formula is C17H29IN4O2. The zero-order valence-electron chi connectivity index (χ0n) is 14.8. The lowest BCUT2D eigenvalue weighted by molar-refractivity contribution is 0.0925. The average molecular weight is 448 g/mol. The molecule has 0 saturated carbocycles. The summed E-state index contributed by atoms with van der Waals surface area (Å²) < 4.78 is 5.17. The number of hydrogen-bond donors (Lipinski definition) is 2. The second kappa shape index (κ2) is 10.6. The fourth-order valence-corrected chi connectivity index (χ4v) is 2.89. The number of nitrogens with zero attached hydrogens (tertiary/aromatic N) is 2. The van der Waals surface area contributed by atoms with Gasteiger partial charge in [0.25, 0.3) is 5.91 Å². The number of carbonyl (C=O) groups is 1. The van der Waals surface area contributed by atoms with Crippen molar-refractivity contribution in [2.24, 2.45) is 10.9 Å². The molecule has 0 radical (unpaired) electrons. The van der Waals surface area contributed by atoms with Crippen LogP contribution in [-0.4, -0.2) is 50.0 Å². The molecule has 0 aliphatic carbocycles. The smallest absolute Gasteiger partial charge is 0.287 e. The van der Waals surface area contributed by atoms with Crippen molar-refractivity contribution in [1.29, 1.82) is 0 Å². The summed E-state index contributed by atoms with van der Waals surface area (Å²) >= 11 is 0. The van der Waals surface area contributed by atoms with Crippen molar-refractivity contribution in [3.63, 3.8) is 0 Å². The van der Waals surface area contributed by atoms with E-state index in [1.54, 1.807) is 6.07 Å². The minimum absolute atomic E-state index is 0. The highest BCUT2D eigenvalue weighted by Gasteiger charge is 2.18. The molecule has 1 amide bonds. The van der Waals surface area contributed by atoms with Gasteiger partial charge in [-0.3, -0.25) is 9.79 Å². The zero-order valence-corrected chi connectivity index (χ0v) is 17.1. The summed E-state index contributed by atoms with van der Waals surface area (Å²) in [6.45, 7) is 7.68. The van der Waals surface area contributed by atoms with E-state index in [2.05, 4.69) is 27.4 Å². The molecular weight excluding hydrogens is 419 g/mol. The summed E-state index contributed by atoms with van der Waals surface area (Å²) in [7, 11) is 1.82. The van der Waals surface area contributed by atoms with Crippen LogP contribution in [0.5, 0.6) is 0 Å². The van der Waals surface area contributed by atoms with Crippen LogP contribution in [0.3, 0.4) is 0 Å². The van der Waals surface area contributed by atoms with Crippen LogP contribution < -0.4 is 10.6 Å².